The zero-order valence-electron chi connectivity index (χ0n) is 10.0. The molecule has 1 amide bonds. The summed E-state index contributed by atoms with van der Waals surface area (Å²) in [5, 5.41) is 2.36. The highest BCUT2D eigenvalue weighted by molar-refractivity contribution is 7.92. The van der Waals surface area contributed by atoms with Crippen LogP contribution in [-0.2, 0) is 24.2 Å². The Balaban J connectivity index is 2.01. The van der Waals surface area contributed by atoms with Gasteiger partial charge in [-0.1, -0.05) is 18.2 Å². The highest BCUT2D eigenvalue weighted by Gasteiger charge is 2.29. The van der Waals surface area contributed by atoms with Gasteiger partial charge in [-0.15, -0.1) is 0 Å². The van der Waals surface area contributed by atoms with E-state index in [4.69, 9.17) is 0 Å². The molecule has 1 atom stereocenters. The van der Waals surface area contributed by atoms with Gasteiger partial charge in [-0.3, -0.25) is 4.79 Å². The van der Waals surface area contributed by atoms with E-state index in [0.717, 1.165) is 0 Å². The third-order valence-corrected chi connectivity index (χ3v) is 4.33. The summed E-state index contributed by atoms with van der Waals surface area (Å²) in [6.07, 6.45) is 0.371. The number of carbonyl (C=O) groups is 2. The maximum absolute atomic E-state index is 11.9. The van der Waals surface area contributed by atoms with Crippen LogP contribution in [0.4, 0.5) is 0 Å². The van der Waals surface area contributed by atoms with Gasteiger partial charge in [-0.2, -0.15) is 0 Å². The summed E-state index contributed by atoms with van der Waals surface area (Å²) < 4.78 is 28.5. The number of esters is 1. The Bertz CT molecular complexity index is 581. The predicted molar refractivity (Wildman–Crippen MR) is 66.0 cm³/mol. The van der Waals surface area contributed by atoms with Crippen molar-refractivity contribution in [2.45, 2.75) is 17.4 Å². The number of rotatable bonds is 4. The van der Waals surface area contributed by atoms with Crippen LogP contribution in [0.1, 0.15) is 6.42 Å². The van der Waals surface area contributed by atoms with Gasteiger partial charge in [0.15, 0.2) is 9.84 Å². The van der Waals surface area contributed by atoms with Crippen LogP contribution in [-0.4, -0.2) is 38.7 Å². The van der Waals surface area contributed by atoms with Crippen molar-refractivity contribution in [3.05, 3.63) is 30.3 Å². The molecule has 1 aromatic carbocycles. The molecule has 7 heteroatoms. The summed E-state index contributed by atoms with van der Waals surface area (Å²) in [7, 11) is -3.68. The lowest BCUT2D eigenvalue weighted by Gasteiger charge is -2.09. The van der Waals surface area contributed by atoms with Gasteiger partial charge in [0.1, 0.15) is 11.8 Å². The predicted octanol–water partition coefficient (Wildman–Crippen LogP) is -0.108. The molecule has 102 valence electrons. The molecule has 0 saturated carbocycles. The summed E-state index contributed by atoms with van der Waals surface area (Å²) in [5.74, 6) is -1.90. The van der Waals surface area contributed by atoms with Crippen LogP contribution >= 0.6 is 0 Å². The molecule has 1 heterocycles. The summed E-state index contributed by atoms with van der Waals surface area (Å²) in [6, 6.07) is 6.96. The number of hydrogen-bond donors (Lipinski definition) is 1. The van der Waals surface area contributed by atoms with E-state index in [0.29, 0.717) is 6.42 Å². The van der Waals surface area contributed by atoms with Gasteiger partial charge in [0.2, 0.25) is 5.91 Å². The molecule has 1 aliphatic heterocycles. The second kappa shape index (κ2) is 5.40. The standard InChI is InChI=1S/C12H13NO5S/c14-11(13-10-6-7-18-12(10)15)8-19(16,17)9-4-2-1-3-5-9/h1-5,10H,6-8H2,(H,13,14)/t10-/m1/s1. The minimum absolute atomic E-state index is 0.0825. The minimum Gasteiger partial charge on any atom is -0.464 e. The lowest BCUT2D eigenvalue weighted by molar-refractivity contribution is -0.141. The van der Waals surface area contributed by atoms with E-state index in [9.17, 15) is 18.0 Å². The number of carbonyl (C=O) groups excluding carboxylic acids is 2. The van der Waals surface area contributed by atoms with Gasteiger partial charge >= 0.3 is 5.97 Å². The Labute approximate surface area is 110 Å². The number of benzene rings is 1. The van der Waals surface area contributed by atoms with Gasteiger partial charge in [-0.25, -0.2) is 13.2 Å². The van der Waals surface area contributed by atoms with Crippen molar-refractivity contribution in [3.63, 3.8) is 0 Å². The molecule has 0 aromatic heterocycles. The van der Waals surface area contributed by atoms with Crippen molar-refractivity contribution in [3.8, 4) is 0 Å². The second-order valence-electron chi connectivity index (χ2n) is 4.15. The first-order chi connectivity index (χ1) is 8.99. The summed E-state index contributed by atoms with van der Waals surface area (Å²) >= 11 is 0. The van der Waals surface area contributed by atoms with Crippen molar-refractivity contribution in [2.24, 2.45) is 0 Å². The topological polar surface area (TPSA) is 89.5 Å². The number of hydrogen-bond acceptors (Lipinski definition) is 5. The van der Waals surface area contributed by atoms with Crippen LogP contribution in [0, 0.1) is 0 Å². The largest absolute Gasteiger partial charge is 0.464 e. The van der Waals surface area contributed by atoms with E-state index in [-0.39, 0.29) is 11.5 Å². The van der Waals surface area contributed by atoms with E-state index in [1.165, 1.54) is 12.1 Å². The van der Waals surface area contributed by atoms with Gasteiger partial charge in [0.25, 0.3) is 0 Å². The molecule has 0 unspecified atom stereocenters. The van der Waals surface area contributed by atoms with Crippen molar-refractivity contribution in [1.29, 1.82) is 0 Å². The number of sulfone groups is 1. The summed E-state index contributed by atoms with van der Waals surface area (Å²) in [4.78, 5) is 22.9. The van der Waals surface area contributed by atoms with Gasteiger partial charge in [0, 0.05) is 6.42 Å². The van der Waals surface area contributed by atoms with Crippen molar-refractivity contribution >= 4 is 21.7 Å². The number of cyclic esters (lactones) is 1. The van der Waals surface area contributed by atoms with Crippen molar-refractivity contribution in [1.82, 2.24) is 5.32 Å². The van der Waals surface area contributed by atoms with Crippen LogP contribution in [0.2, 0.25) is 0 Å². The zero-order chi connectivity index (χ0) is 13.9. The normalized spacial score (nSPS) is 18.9. The smallest absolute Gasteiger partial charge is 0.328 e. The summed E-state index contributed by atoms with van der Waals surface area (Å²) in [5.41, 5.74) is 0. The van der Waals surface area contributed by atoms with E-state index in [1.807, 2.05) is 0 Å². The SMILES string of the molecule is O=C(CS(=O)(=O)c1ccccc1)N[C@@H]1CCOC1=O. The molecule has 0 aliphatic carbocycles. The average Bonchev–Trinajstić information content (AvgIpc) is 2.75. The Morgan fingerprint density at radius 3 is 2.58 bits per heavy atom. The van der Waals surface area contributed by atoms with Crippen LogP contribution in [0.3, 0.4) is 0 Å². The van der Waals surface area contributed by atoms with Crippen LogP contribution in [0.5, 0.6) is 0 Å². The van der Waals surface area contributed by atoms with E-state index < -0.39 is 33.5 Å². The lowest BCUT2D eigenvalue weighted by atomic mass is 10.2. The Hall–Kier alpha value is -1.89. The molecule has 19 heavy (non-hydrogen) atoms. The summed E-state index contributed by atoms with van der Waals surface area (Å²) in [6.45, 7) is 0.245. The Morgan fingerprint density at radius 2 is 2.00 bits per heavy atom. The molecule has 1 aliphatic rings. The molecule has 6 nitrogen and oxygen atoms in total. The third kappa shape index (κ3) is 3.31. The van der Waals surface area contributed by atoms with Crippen LogP contribution in [0.25, 0.3) is 0 Å². The first kappa shape index (κ1) is 13.5. The van der Waals surface area contributed by atoms with Gasteiger partial charge in [-0.05, 0) is 12.1 Å². The maximum Gasteiger partial charge on any atom is 0.328 e. The highest BCUT2D eigenvalue weighted by Crippen LogP contribution is 2.11. The zero-order valence-corrected chi connectivity index (χ0v) is 10.9. The third-order valence-electron chi connectivity index (χ3n) is 2.69. The fourth-order valence-corrected chi connectivity index (χ4v) is 2.91. The van der Waals surface area contributed by atoms with Crippen LogP contribution < -0.4 is 5.32 Å². The molecule has 0 radical (unpaired) electrons. The minimum atomic E-state index is -3.68. The molecule has 0 bridgehead atoms. The van der Waals surface area contributed by atoms with Crippen molar-refractivity contribution in [2.75, 3.05) is 12.4 Å². The second-order valence-corrected chi connectivity index (χ2v) is 6.14. The molecular formula is C12H13NO5S. The molecule has 1 saturated heterocycles. The van der Waals surface area contributed by atoms with E-state index >= 15 is 0 Å². The van der Waals surface area contributed by atoms with E-state index in [1.54, 1.807) is 18.2 Å². The quantitative estimate of drug-likeness (QED) is 0.779. The Morgan fingerprint density at radius 1 is 1.32 bits per heavy atom. The Kier molecular flexibility index (Phi) is 3.84. The molecule has 2 rings (SSSR count). The van der Waals surface area contributed by atoms with Gasteiger partial charge in [0.05, 0.1) is 11.5 Å². The fourth-order valence-electron chi connectivity index (χ4n) is 1.75. The first-order valence-corrected chi connectivity index (χ1v) is 7.38. The van der Waals surface area contributed by atoms with Crippen molar-refractivity contribution < 1.29 is 22.7 Å². The van der Waals surface area contributed by atoms with Gasteiger partial charge < -0.3 is 10.1 Å². The molecule has 1 fully saturated rings. The highest BCUT2D eigenvalue weighted by atomic mass is 32.2. The fraction of sp³-hybridized carbons (Fsp3) is 0.333. The average molecular weight is 283 g/mol. The number of amides is 1. The first-order valence-electron chi connectivity index (χ1n) is 5.73. The molecule has 1 N–H and O–H groups in total. The number of nitrogens with one attached hydrogen (secondary N) is 1. The maximum atomic E-state index is 11.9. The molecule has 1 aromatic rings. The molecule has 0 spiro atoms. The van der Waals surface area contributed by atoms with E-state index in [2.05, 4.69) is 10.1 Å². The van der Waals surface area contributed by atoms with Crippen LogP contribution in [0.15, 0.2) is 35.2 Å². The number of ether oxygens (including phenoxy) is 1. The molecular weight excluding hydrogens is 270 g/mol. The monoisotopic (exact) mass is 283 g/mol. The lowest BCUT2D eigenvalue weighted by Crippen LogP contribution is -2.41.